The first kappa shape index (κ1) is 21.0. The molecule has 0 saturated carbocycles. The number of benzene rings is 2. The predicted molar refractivity (Wildman–Crippen MR) is 123 cm³/mol. The van der Waals surface area contributed by atoms with Crippen LogP contribution in [0.2, 0.25) is 0 Å². The highest BCUT2D eigenvalue weighted by molar-refractivity contribution is 7.84. The lowest BCUT2D eigenvalue weighted by molar-refractivity contribution is 0.162. The first-order valence-corrected chi connectivity index (χ1v) is 12.3. The van der Waals surface area contributed by atoms with E-state index in [1.54, 1.807) is 6.26 Å². The maximum absolute atomic E-state index is 11.6. The second-order valence-electron chi connectivity index (χ2n) is 8.21. The maximum Gasteiger partial charge on any atom is 0.226 e. The van der Waals surface area contributed by atoms with Crippen molar-refractivity contribution in [1.82, 2.24) is 9.88 Å². The Bertz CT molecular complexity index is 1010. The Morgan fingerprint density at radius 1 is 1.03 bits per heavy atom. The summed E-state index contributed by atoms with van der Waals surface area (Å²) in [5.74, 6) is 1.61. The molecule has 0 spiro atoms. The summed E-state index contributed by atoms with van der Waals surface area (Å²) in [4.78, 5) is 8.22. The van der Waals surface area contributed by atoms with E-state index >= 15 is 0 Å². The number of nitrogens with zero attached hydrogens (tertiary/aromatic N) is 2. The lowest BCUT2D eigenvalue weighted by atomic mass is 10.0. The first-order chi connectivity index (χ1) is 14.5. The lowest BCUT2D eigenvalue weighted by Crippen LogP contribution is -2.38. The third-order valence-electron chi connectivity index (χ3n) is 6.12. The number of aryl methyl sites for hydroxylation is 1. The van der Waals surface area contributed by atoms with Crippen LogP contribution in [0.1, 0.15) is 37.6 Å². The van der Waals surface area contributed by atoms with Gasteiger partial charge in [-0.05, 0) is 68.6 Å². The molecule has 1 aliphatic rings. The van der Waals surface area contributed by atoms with E-state index in [0.29, 0.717) is 11.9 Å². The summed E-state index contributed by atoms with van der Waals surface area (Å²) in [5.41, 5.74) is 4.28. The molecule has 158 valence electrons. The van der Waals surface area contributed by atoms with Gasteiger partial charge >= 0.3 is 0 Å². The first-order valence-electron chi connectivity index (χ1n) is 10.8. The van der Waals surface area contributed by atoms with Gasteiger partial charge in [-0.25, -0.2) is 4.98 Å². The van der Waals surface area contributed by atoms with E-state index in [-0.39, 0.29) is 0 Å². The van der Waals surface area contributed by atoms with Gasteiger partial charge in [-0.1, -0.05) is 30.7 Å². The highest BCUT2D eigenvalue weighted by Gasteiger charge is 2.19. The number of aromatic nitrogens is 1. The fourth-order valence-corrected chi connectivity index (χ4v) is 4.69. The van der Waals surface area contributed by atoms with Gasteiger partial charge in [-0.2, -0.15) is 0 Å². The van der Waals surface area contributed by atoms with E-state index in [1.165, 1.54) is 25.8 Å². The van der Waals surface area contributed by atoms with Gasteiger partial charge in [0, 0.05) is 46.5 Å². The summed E-state index contributed by atoms with van der Waals surface area (Å²) in [5, 5.41) is 0. The van der Waals surface area contributed by atoms with Crippen molar-refractivity contribution in [3.05, 3.63) is 60.0 Å². The molecule has 3 aromatic rings. The van der Waals surface area contributed by atoms with E-state index in [1.807, 2.05) is 31.2 Å². The fraction of sp³-hybridized carbons (Fsp3) is 0.400. The smallest absolute Gasteiger partial charge is 0.226 e. The van der Waals surface area contributed by atoms with Crippen LogP contribution >= 0.6 is 0 Å². The predicted octanol–water partition coefficient (Wildman–Crippen LogP) is 5.47. The van der Waals surface area contributed by atoms with Crippen molar-refractivity contribution in [3.63, 3.8) is 0 Å². The summed E-state index contributed by atoms with van der Waals surface area (Å²) < 4.78 is 17.6. The average molecular weight is 423 g/mol. The summed E-state index contributed by atoms with van der Waals surface area (Å²) in [7, 11) is -0.952. The standard InChI is InChI=1S/C25H30N2O2S/c1-18-6-4-5-16-27(18)17-15-24-19(2)29-25(26-24)22-9-7-20(8-10-22)21-11-13-23(14-12-21)30(3)28/h7-14,18H,4-6,15-17H2,1-3H3. The molecule has 4 nitrogen and oxygen atoms in total. The minimum atomic E-state index is -0.952. The van der Waals surface area contributed by atoms with Crippen molar-refractivity contribution in [3.8, 4) is 22.6 Å². The summed E-state index contributed by atoms with van der Waals surface area (Å²) in [6.45, 7) is 6.59. The van der Waals surface area contributed by atoms with Gasteiger partial charge in [-0.15, -0.1) is 0 Å². The largest absolute Gasteiger partial charge is 0.441 e. The van der Waals surface area contributed by atoms with Gasteiger partial charge < -0.3 is 9.32 Å². The zero-order valence-electron chi connectivity index (χ0n) is 18.1. The van der Waals surface area contributed by atoms with Crippen LogP contribution in [0.15, 0.2) is 57.8 Å². The highest BCUT2D eigenvalue weighted by Crippen LogP contribution is 2.27. The normalized spacial score (nSPS) is 18.4. The Hall–Kier alpha value is -2.24. The fourth-order valence-electron chi connectivity index (χ4n) is 4.17. The van der Waals surface area contributed by atoms with E-state index in [2.05, 4.69) is 36.1 Å². The van der Waals surface area contributed by atoms with Crippen LogP contribution in [-0.2, 0) is 17.2 Å². The van der Waals surface area contributed by atoms with E-state index in [4.69, 9.17) is 9.40 Å². The van der Waals surface area contributed by atoms with Crippen LogP contribution in [0.5, 0.6) is 0 Å². The molecule has 2 atom stereocenters. The van der Waals surface area contributed by atoms with Gasteiger partial charge in [0.2, 0.25) is 5.89 Å². The zero-order chi connectivity index (χ0) is 21.1. The molecule has 0 amide bonds. The monoisotopic (exact) mass is 422 g/mol. The Morgan fingerprint density at radius 3 is 2.30 bits per heavy atom. The van der Waals surface area contributed by atoms with Crippen molar-refractivity contribution in [2.75, 3.05) is 19.3 Å². The van der Waals surface area contributed by atoms with E-state index < -0.39 is 10.8 Å². The molecular formula is C25H30N2O2S. The number of likely N-dealkylation sites (tertiary alicyclic amines) is 1. The van der Waals surface area contributed by atoms with Crippen molar-refractivity contribution < 1.29 is 8.63 Å². The van der Waals surface area contributed by atoms with Crippen LogP contribution in [0.4, 0.5) is 0 Å². The molecule has 4 rings (SSSR count). The van der Waals surface area contributed by atoms with Gasteiger partial charge in [-0.3, -0.25) is 4.21 Å². The van der Waals surface area contributed by atoms with Crippen molar-refractivity contribution in [1.29, 1.82) is 0 Å². The van der Waals surface area contributed by atoms with Gasteiger partial charge in [0.05, 0.1) is 5.69 Å². The van der Waals surface area contributed by atoms with Crippen molar-refractivity contribution in [2.45, 2.75) is 50.5 Å². The molecule has 5 heteroatoms. The van der Waals surface area contributed by atoms with Gasteiger partial charge in [0.25, 0.3) is 0 Å². The lowest BCUT2D eigenvalue weighted by Gasteiger charge is -2.33. The molecule has 0 radical (unpaired) electrons. The number of piperidine rings is 1. The summed E-state index contributed by atoms with van der Waals surface area (Å²) >= 11 is 0. The molecule has 0 aliphatic carbocycles. The van der Waals surface area contributed by atoms with Gasteiger partial charge in [0.1, 0.15) is 5.76 Å². The van der Waals surface area contributed by atoms with E-state index in [9.17, 15) is 4.21 Å². The molecule has 0 bridgehead atoms. The minimum absolute atomic E-state index is 0.671. The molecule has 30 heavy (non-hydrogen) atoms. The quantitative estimate of drug-likeness (QED) is 0.528. The third kappa shape index (κ3) is 4.73. The highest BCUT2D eigenvalue weighted by atomic mass is 32.2. The topological polar surface area (TPSA) is 46.3 Å². The SMILES string of the molecule is Cc1oc(-c2ccc(-c3ccc(S(C)=O)cc3)cc2)nc1CCN1CCCCC1C. The Labute approximate surface area is 181 Å². The van der Waals surface area contributed by atoms with Crippen LogP contribution < -0.4 is 0 Å². The van der Waals surface area contributed by atoms with Crippen molar-refractivity contribution >= 4 is 10.8 Å². The number of rotatable bonds is 6. The number of oxazole rings is 1. The Morgan fingerprint density at radius 2 is 1.67 bits per heavy atom. The second-order valence-corrected chi connectivity index (χ2v) is 9.59. The zero-order valence-corrected chi connectivity index (χ0v) is 18.9. The second kappa shape index (κ2) is 9.27. The average Bonchev–Trinajstić information content (AvgIpc) is 3.14. The van der Waals surface area contributed by atoms with Crippen LogP contribution in [0.3, 0.4) is 0 Å². The van der Waals surface area contributed by atoms with Gasteiger partial charge in [0.15, 0.2) is 0 Å². The van der Waals surface area contributed by atoms with Crippen LogP contribution in [0, 0.1) is 6.92 Å². The number of hydrogen-bond donors (Lipinski definition) is 0. The molecule has 1 aliphatic heterocycles. The molecule has 1 saturated heterocycles. The molecule has 0 N–H and O–H groups in total. The summed E-state index contributed by atoms with van der Waals surface area (Å²) in [6, 6.07) is 16.8. The molecule has 2 aromatic carbocycles. The molecule has 1 fully saturated rings. The third-order valence-corrected chi connectivity index (χ3v) is 7.06. The molecule has 2 unspecified atom stereocenters. The minimum Gasteiger partial charge on any atom is -0.441 e. The van der Waals surface area contributed by atoms with Crippen LogP contribution in [-0.4, -0.2) is 39.5 Å². The van der Waals surface area contributed by atoms with Crippen molar-refractivity contribution in [2.24, 2.45) is 0 Å². The Kier molecular flexibility index (Phi) is 6.49. The van der Waals surface area contributed by atoms with Crippen LogP contribution in [0.25, 0.3) is 22.6 Å². The molecular weight excluding hydrogens is 392 g/mol. The Balaban J connectivity index is 1.45. The molecule has 2 heterocycles. The van der Waals surface area contributed by atoms with E-state index in [0.717, 1.165) is 46.0 Å². The maximum atomic E-state index is 11.6. The number of hydrogen-bond acceptors (Lipinski definition) is 4. The summed E-state index contributed by atoms with van der Waals surface area (Å²) in [6.07, 6.45) is 6.59. The molecule has 1 aromatic heterocycles.